The highest BCUT2D eigenvalue weighted by atomic mass is 16.3. The van der Waals surface area contributed by atoms with Gasteiger partial charge in [-0.15, -0.1) is 0 Å². The maximum atomic E-state index is 11.9. The van der Waals surface area contributed by atoms with E-state index < -0.39 is 0 Å². The van der Waals surface area contributed by atoms with Gasteiger partial charge >= 0.3 is 0 Å². The maximum Gasteiger partial charge on any atom is 0.144 e. The van der Waals surface area contributed by atoms with Gasteiger partial charge in [0.2, 0.25) is 0 Å². The summed E-state index contributed by atoms with van der Waals surface area (Å²) in [6, 6.07) is 3.82. The third-order valence-corrected chi connectivity index (χ3v) is 2.98. The number of carbonyl (C=O) groups is 1. The molecule has 2 heteroatoms. The van der Waals surface area contributed by atoms with Crippen molar-refractivity contribution in [2.45, 2.75) is 12.3 Å². The summed E-state index contributed by atoms with van der Waals surface area (Å²) >= 11 is 0. The lowest BCUT2D eigenvalue weighted by atomic mass is 9.98. The molecule has 3 rings (SSSR count). The van der Waals surface area contributed by atoms with Crippen molar-refractivity contribution in [1.82, 2.24) is 0 Å². The van der Waals surface area contributed by atoms with Crippen LogP contribution in [0.2, 0.25) is 0 Å². The lowest BCUT2D eigenvalue weighted by molar-refractivity contribution is -0.117. The van der Waals surface area contributed by atoms with E-state index in [0.29, 0.717) is 5.92 Å². The standard InChI is InChI=1S/C13H11O2/c14-13(9-4-1-2-5-9)11-8-10(11)12-6-3-7-15-12/h1-7,10-11H,8H2. The Morgan fingerprint density at radius 1 is 1.33 bits per heavy atom. The van der Waals surface area contributed by atoms with E-state index in [2.05, 4.69) is 0 Å². The van der Waals surface area contributed by atoms with Gasteiger partial charge in [0.05, 0.1) is 6.26 Å². The Morgan fingerprint density at radius 2 is 2.13 bits per heavy atom. The van der Waals surface area contributed by atoms with Gasteiger partial charge in [-0.2, -0.15) is 0 Å². The molecule has 1 aromatic rings. The molecule has 0 aromatic carbocycles. The van der Waals surface area contributed by atoms with Gasteiger partial charge < -0.3 is 4.42 Å². The minimum absolute atomic E-state index is 0.138. The summed E-state index contributed by atoms with van der Waals surface area (Å²) < 4.78 is 5.30. The predicted octanol–water partition coefficient (Wildman–Crippen LogP) is 2.36. The molecular formula is C13H11O2. The van der Waals surface area contributed by atoms with Gasteiger partial charge in [0.15, 0.2) is 0 Å². The van der Waals surface area contributed by atoms with Crippen LogP contribution in [0.4, 0.5) is 0 Å². The number of hydrogen-bond acceptors (Lipinski definition) is 2. The van der Waals surface area contributed by atoms with Crippen LogP contribution in [0.5, 0.6) is 0 Å². The Morgan fingerprint density at radius 3 is 2.80 bits per heavy atom. The molecule has 75 valence electrons. The van der Waals surface area contributed by atoms with Crippen molar-refractivity contribution in [1.29, 1.82) is 0 Å². The van der Waals surface area contributed by atoms with Crippen LogP contribution in [0.1, 0.15) is 18.1 Å². The van der Waals surface area contributed by atoms with Crippen molar-refractivity contribution in [3.8, 4) is 0 Å². The first kappa shape index (κ1) is 9.20. The molecule has 0 amide bonds. The zero-order valence-electron chi connectivity index (χ0n) is 8.22. The van der Waals surface area contributed by atoms with E-state index in [9.17, 15) is 4.79 Å². The fourth-order valence-corrected chi connectivity index (χ4v) is 2.05. The van der Waals surface area contributed by atoms with Crippen LogP contribution in [0.15, 0.2) is 22.8 Å². The molecule has 1 heterocycles. The first-order chi connectivity index (χ1) is 7.36. The summed E-state index contributed by atoms with van der Waals surface area (Å²) in [4.78, 5) is 11.9. The van der Waals surface area contributed by atoms with E-state index >= 15 is 0 Å². The predicted molar refractivity (Wildman–Crippen MR) is 55.0 cm³/mol. The van der Waals surface area contributed by atoms with Gasteiger partial charge in [-0.25, -0.2) is 0 Å². The molecule has 2 fully saturated rings. The molecule has 2 atom stereocenters. The first-order valence-electron chi connectivity index (χ1n) is 5.15. The fourth-order valence-electron chi connectivity index (χ4n) is 2.05. The third kappa shape index (κ3) is 1.62. The molecule has 0 spiro atoms. The zero-order valence-corrected chi connectivity index (χ0v) is 8.22. The smallest absolute Gasteiger partial charge is 0.144 e. The Labute approximate surface area is 89.7 Å². The first-order valence-corrected chi connectivity index (χ1v) is 5.15. The number of hydrogen-bond donors (Lipinski definition) is 0. The molecule has 1 aromatic heterocycles. The summed E-state index contributed by atoms with van der Waals surface area (Å²) in [5.74, 6) is 2.47. The van der Waals surface area contributed by atoms with E-state index in [-0.39, 0.29) is 11.7 Å². The molecule has 0 saturated heterocycles. The average Bonchev–Trinajstić information content (AvgIpc) is 2.78. The molecule has 15 heavy (non-hydrogen) atoms. The topological polar surface area (TPSA) is 30.2 Å². The van der Waals surface area contributed by atoms with E-state index in [1.54, 1.807) is 6.26 Å². The van der Waals surface area contributed by atoms with Crippen molar-refractivity contribution >= 4 is 5.78 Å². The van der Waals surface area contributed by atoms with Crippen molar-refractivity contribution in [2.24, 2.45) is 5.92 Å². The number of furan rings is 1. The van der Waals surface area contributed by atoms with Crippen LogP contribution >= 0.6 is 0 Å². The normalized spacial score (nSPS) is 30.7. The van der Waals surface area contributed by atoms with Gasteiger partial charge in [0, 0.05) is 17.8 Å². The van der Waals surface area contributed by atoms with Crippen molar-refractivity contribution in [3.05, 3.63) is 55.8 Å². The molecular weight excluding hydrogens is 188 g/mol. The second-order valence-corrected chi connectivity index (χ2v) is 4.00. The van der Waals surface area contributed by atoms with E-state index in [1.807, 2.05) is 37.8 Å². The van der Waals surface area contributed by atoms with Gasteiger partial charge in [0.1, 0.15) is 11.5 Å². The lowest BCUT2D eigenvalue weighted by Gasteiger charge is -2.04. The van der Waals surface area contributed by atoms with Crippen LogP contribution < -0.4 is 0 Å². The summed E-state index contributed by atoms with van der Waals surface area (Å²) in [7, 11) is 0. The molecule has 5 radical (unpaired) electrons. The molecule has 2 aliphatic rings. The fraction of sp³-hybridized carbons (Fsp3) is 0.231. The van der Waals surface area contributed by atoms with Crippen LogP contribution in [0, 0.1) is 37.5 Å². The highest BCUT2D eigenvalue weighted by molar-refractivity contribution is 6.01. The molecule has 2 unspecified atom stereocenters. The maximum absolute atomic E-state index is 11.9. The largest absolute Gasteiger partial charge is 0.469 e. The molecule has 2 aliphatic carbocycles. The second-order valence-electron chi connectivity index (χ2n) is 4.00. The number of carbonyl (C=O) groups excluding carboxylic acids is 1. The van der Waals surface area contributed by atoms with Gasteiger partial charge in [-0.1, -0.05) is 0 Å². The van der Waals surface area contributed by atoms with Crippen molar-refractivity contribution < 1.29 is 9.21 Å². The summed E-state index contributed by atoms with van der Waals surface area (Å²) in [6.07, 6.45) is 10.1. The van der Waals surface area contributed by atoms with E-state index in [4.69, 9.17) is 4.42 Å². The monoisotopic (exact) mass is 199 g/mol. The van der Waals surface area contributed by atoms with Crippen molar-refractivity contribution in [2.75, 3.05) is 0 Å². The Hall–Kier alpha value is -1.05. The number of Topliss-reactive ketones (excluding diaryl/α,β-unsaturated/α-hetero) is 1. The molecule has 0 bridgehead atoms. The average molecular weight is 199 g/mol. The van der Waals surface area contributed by atoms with E-state index in [0.717, 1.165) is 18.1 Å². The Bertz CT molecular complexity index is 347. The summed E-state index contributed by atoms with van der Waals surface area (Å²) in [5, 5.41) is 0. The molecule has 0 N–H and O–H groups in total. The third-order valence-electron chi connectivity index (χ3n) is 2.98. The Kier molecular flexibility index (Phi) is 2.15. The minimum atomic E-state index is 0.138. The summed E-state index contributed by atoms with van der Waals surface area (Å²) in [6.45, 7) is 0. The number of rotatable bonds is 3. The van der Waals surface area contributed by atoms with Crippen LogP contribution in [0.25, 0.3) is 0 Å². The van der Waals surface area contributed by atoms with Crippen LogP contribution in [-0.4, -0.2) is 5.78 Å². The van der Waals surface area contributed by atoms with Gasteiger partial charge in [-0.05, 0) is 44.2 Å². The minimum Gasteiger partial charge on any atom is -0.469 e. The van der Waals surface area contributed by atoms with E-state index in [1.165, 1.54) is 0 Å². The second kappa shape index (κ2) is 3.51. The van der Waals surface area contributed by atoms with Crippen molar-refractivity contribution in [3.63, 3.8) is 0 Å². The summed E-state index contributed by atoms with van der Waals surface area (Å²) in [5.41, 5.74) is 0. The van der Waals surface area contributed by atoms with Crippen LogP contribution in [0.3, 0.4) is 0 Å². The Balaban J connectivity index is 1.64. The zero-order chi connectivity index (χ0) is 10.3. The molecule has 2 nitrogen and oxygen atoms in total. The molecule has 0 aliphatic heterocycles. The quantitative estimate of drug-likeness (QED) is 0.748. The highest BCUT2D eigenvalue weighted by Gasteiger charge is 2.48. The lowest BCUT2D eigenvalue weighted by Crippen LogP contribution is -2.12. The molecule has 2 saturated carbocycles. The van der Waals surface area contributed by atoms with Gasteiger partial charge in [-0.3, -0.25) is 4.79 Å². The van der Waals surface area contributed by atoms with Crippen LogP contribution in [-0.2, 0) is 4.79 Å². The van der Waals surface area contributed by atoms with Gasteiger partial charge in [0.25, 0.3) is 0 Å². The SMILES string of the molecule is O=C([C]1[CH][CH][CH][CH]1)C1CC1c1ccco1. The highest BCUT2D eigenvalue weighted by Crippen LogP contribution is 2.50. The number of ketones is 1.